The second-order valence-corrected chi connectivity index (χ2v) is 7.23. The van der Waals surface area contributed by atoms with Crippen LogP contribution < -0.4 is 15.2 Å². The molecule has 0 aliphatic carbocycles. The molecule has 0 saturated carbocycles. The summed E-state index contributed by atoms with van der Waals surface area (Å²) in [6.45, 7) is 10.5. The van der Waals surface area contributed by atoms with Crippen LogP contribution in [0.3, 0.4) is 0 Å². The van der Waals surface area contributed by atoms with Crippen LogP contribution in [0.5, 0.6) is 5.88 Å². The van der Waals surface area contributed by atoms with Gasteiger partial charge in [-0.15, -0.1) is 0 Å². The number of dihydropyridines is 1. The first-order valence-electron chi connectivity index (χ1n) is 9.91. The average molecular weight is 453 g/mol. The fourth-order valence-corrected chi connectivity index (χ4v) is 3.47. The molecule has 0 atom stereocenters. The number of pyridine rings is 1. The number of nitrogens with one attached hydrogen (secondary N) is 1. The predicted molar refractivity (Wildman–Crippen MR) is 140 cm³/mol. The number of aryl methyl sites for hydroxylation is 2. The first-order chi connectivity index (χ1) is 15.5. The molecule has 0 saturated heterocycles. The van der Waals surface area contributed by atoms with E-state index in [1.807, 2.05) is 13.1 Å². The number of hydrogen-bond acceptors (Lipinski definition) is 7. The Morgan fingerprint density at radius 3 is 2.53 bits per heavy atom. The summed E-state index contributed by atoms with van der Waals surface area (Å²) in [7, 11) is 4.90. The lowest BCUT2D eigenvalue weighted by atomic mass is 9.98. The number of aromatic nitrogens is 1. The molecular weight excluding hydrogens is 420 g/mol. The lowest BCUT2D eigenvalue weighted by molar-refractivity contribution is 0.387. The van der Waals surface area contributed by atoms with Gasteiger partial charge in [0.1, 0.15) is 5.84 Å². The monoisotopic (exact) mass is 452 g/mol. The molecule has 170 valence electrons. The summed E-state index contributed by atoms with van der Waals surface area (Å²) in [5.41, 5.74) is 10.1. The molecule has 1 aliphatic heterocycles. The van der Waals surface area contributed by atoms with Gasteiger partial charge in [-0.1, -0.05) is 18.7 Å². The van der Waals surface area contributed by atoms with Crippen molar-refractivity contribution in [2.24, 2.45) is 20.7 Å². The van der Waals surface area contributed by atoms with Crippen LogP contribution in [-0.2, 0) is 0 Å². The molecule has 3 rings (SSSR count). The fraction of sp³-hybridized carbons (Fsp3) is 0.250. The summed E-state index contributed by atoms with van der Waals surface area (Å²) < 4.78 is 8.73. The average Bonchev–Trinajstić information content (AvgIpc) is 2.85. The molecule has 0 bridgehead atoms. The summed E-state index contributed by atoms with van der Waals surface area (Å²) in [5, 5.41) is 0. The third-order valence-corrected chi connectivity index (χ3v) is 5.07. The molecule has 0 radical (unpaired) electrons. The standard InChI is InChI=1S/C20H22N4OS.C3H5N.CH5N/c1-13-9-18(20(25-4)23-11-13)26-24-16-7-5-14(2)17(10-16)15-6-8-19(21-3)22-12-15;1-3-4-2;1-2/h5-7,9-12,24H,8H2,1-4H3;3H,1-2H2;2H2,1H3. The summed E-state index contributed by atoms with van der Waals surface area (Å²) in [5.74, 6) is 1.48. The van der Waals surface area contributed by atoms with Gasteiger partial charge in [-0.25, -0.2) is 9.98 Å². The minimum atomic E-state index is 0.619. The number of nitrogens with two attached hydrogens (primary N) is 1. The molecule has 0 amide bonds. The summed E-state index contributed by atoms with van der Waals surface area (Å²) >= 11 is 1.49. The second kappa shape index (κ2) is 14.7. The van der Waals surface area contributed by atoms with Crippen molar-refractivity contribution in [3.05, 3.63) is 66.0 Å². The van der Waals surface area contributed by atoms with Crippen molar-refractivity contribution in [3.8, 4) is 5.88 Å². The van der Waals surface area contributed by atoms with E-state index in [0.29, 0.717) is 5.88 Å². The van der Waals surface area contributed by atoms with E-state index in [1.165, 1.54) is 36.3 Å². The summed E-state index contributed by atoms with van der Waals surface area (Å²) in [6.07, 6.45) is 8.01. The van der Waals surface area contributed by atoms with E-state index in [4.69, 9.17) is 4.74 Å². The van der Waals surface area contributed by atoms with Gasteiger partial charge in [-0.05, 0) is 80.0 Å². The SMILES string of the molecule is C=CN=C.CN.CN=C1CC=C(c2cc(NSc3cc(C)cnc3OC)ccc2C)C=N1. The van der Waals surface area contributed by atoms with Gasteiger partial charge >= 0.3 is 0 Å². The lowest BCUT2D eigenvalue weighted by Crippen LogP contribution is -2.02. The Labute approximate surface area is 195 Å². The van der Waals surface area contributed by atoms with Crippen molar-refractivity contribution in [2.75, 3.05) is 25.9 Å². The minimum Gasteiger partial charge on any atom is -0.480 e. The van der Waals surface area contributed by atoms with Gasteiger partial charge in [0.15, 0.2) is 0 Å². The van der Waals surface area contributed by atoms with Crippen LogP contribution in [0.4, 0.5) is 5.69 Å². The molecule has 0 fully saturated rings. The Morgan fingerprint density at radius 1 is 1.25 bits per heavy atom. The first kappa shape index (κ1) is 26.8. The molecule has 7 nitrogen and oxygen atoms in total. The Morgan fingerprint density at radius 2 is 1.97 bits per heavy atom. The van der Waals surface area contributed by atoms with Crippen molar-refractivity contribution < 1.29 is 4.74 Å². The molecule has 1 aromatic carbocycles. The third kappa shape index (κ3) is 8.13. The van der Waals surface area contributed by atoms with E-state index >= 15 is 0 Å². The van der Waals surface area contributed by atoms with Crippen molar-refractivity contribution >= 4 is 42.0 Å². The number of anilines is 1. The highest BCUT2D eigenvalue weighted by Crippen LogP contribution is 2.31. The number of allylic oxidation sites excluding steroid dienone is 1. The maximum absolute atomic E-state index is 5.34. The number of aliphatic imine (C=N–C) groups is 3. The molecule has 3 N–H and O–H groups in total. The van der Waals surface area contributed by atoms with E-state index in [-0.39, 0.29) is 0 Å². The van der Waals surface area contributed by atoms with Crippen molar-refractivity contribution in [3.63, 3.8) is 0 Å². The van der Waals surface area contributed by atoms with E-state index in [0.717, 1.165) is 34.0 Å². The Hall–Kier alpha value is -3.23. The van der Waals surface area contributed by atoms with Gasteiger partial charge in [0, 0.05) is 37.8 Å². The van der Waals surface area contributed by atoms with Gasteiger partial charge in [0.25, 0.3) is 0 Å². The second-order valence-electron chi connectivity index (χ2n) is 6.38. The maximum atomic E-state index is 5.34. The quantitative estimate of drug-likeness (QED) is 0.468. The van der Waals surface area contributed by atoms with E-state index < -0.39 is 0 Å². The van der Waals surface area contributed by atoms with Crippen LogP contribution in [0.25, 0.3) is 5.57 Å². The highest BCUT2D eigenvalue weighted by molar-refractivity contribution is 8.00. The number of methoxy groups -OCH3 is 1. The topological polar surface area (TPSA) is 97.2 Å². The van der Waals surface area contributed by atoms with Gasteiger partial charge in [-0.3, -0.25) is 9.98 Å². The number of amidine groups is 1. The van der Waals surface area contributed by atoms with Crippen LogP contribution in [0.1, 0.15) is 23.1 Å². The number of rotatable bonds is 6. The third-order valence-electron chi connectivity index (χ3n) is 4.22. The minimum absolute atomic E-state index is 0.619. The molecular formula is C24H32N6OS. The van der Waals surface area contributed by atoms with E-state index in [9.17, 15) is 0 Å². The first-order valence-corrected chi connectivity index (χ1v) is 10.7. The molecule has 8 heteroatoms. The molecule has 32 heavy (non-hydrogen) atoms. The fourth-order valence-electron chi connectivity index (χ4n) is 2.65. The zero-order chi connectivity index (χ0) is 23.9. The van der Waals surface area contributed by atoms with Crippen LogP contribution >= 0.6 is 11.9 Å². The number of nitrogens with zero attached hydrogens (tertiary/aromatic N) is 4. The highest BCUT2D eigenvalue weighted by atomic mass is 32.2. The number of benzene rings is 1. The van der Waals surface area contributed by atoms with Crippen molar-refractivity contribution in [2.45, 2.75) is 25.2 Å². The van der Waals surface area contributed by atoms with Gasteiger partial charge in [0.2, 0.25) is 5.88 Å². The largest absolute Gasteiger partial charge is 0.480 e. The molecule has 1 aromatic heterocycles. The molecule has 1 aliphatic rings. The van der Waals surface area contributed by atoms with E-state index in [1.54, 1.807) is 20.4 Å². The maximum Gasteiger partial charge on any atom is 0.228 e. The molecule has 0 unspecified atom stereocenters. The zero-order valence-corrected chi connectivity index (χ0v) is 20.2. The van der Waals surface area contributed by atoms with Gasteiger partial charge < -0.3 is 15.2 Å². The molecule has 2 aromatic rings. The van der Waals surface area contributed by atoms with Crippen LogP contribution in [0.15, 0.2) is 69.2 Å². The summed E-state index contributed by atoms with van der Waals surface area (Å²) in [4.78, 5) is 17.1. The van der Waals surface area contributed by atoms with Crippen LogP contribution in [0, 0.1) is 13.8 Å². The Bertz CT molecular complexity index is 992. The normalized spacial score (nSPS) is 13.1. The van der Waals surface area contributed by atoms with E-state index in [2.05, 4.69) is 81.0 Å². The Balaban J connectivity index is 0.000000769. The summed E-state index contributed by atoms with van der Waals surface area (Å²) in [6, 6.07) is 8.38. The van der Waals surface area contributed by atoms with Crippen molar-refractivity contribution in [1.82, 2.24) is 4.98 Å². The Kier molecular flexibility index (Phi) is 12.3. The zero-order valence-electron chi connectivity index (χ0n) is 19.4. The smallest absolute Gasteiger partial charge is 0.228 e. The molecule has 2 heterocycles. The predicted octanol–water partition coefficient (Wildman–Crippen LogP) is 5.12. The number of hydrogen-bond donors (Lipinski definition) is 2. The number of ether oxygens (including phenoxy) is 1. The molecule has 0 spiro atoms. The van der Waals surface area contributed by atoms with Crippen LogP contribution in [-0.4, -0.2) is 45.0 Å². The van der Waals surface area contributed by atoms with Crippen molar-refractivity contribution in [1.29, 1.82) is 0 Å². The van der Waals surface area contributed by atoms with Gasteiger partial charge in [0.05, 0.1) is 12.0 Å². The lowest BCUT2D eigenvalue weighted by Gasteiger charge is -2.14. The van der Waals surface area contributed by atoms with Crippen LogP contribution in [0.2, 0.25) is 0 Å². The van der Waals surface area contributed by atoms with Gasteiger partial charge in [-0.2, -0.15) is 0 Å². The highest BCUT2D eigenvalue weighted by Gasteiger charge is 2.10.